The lowest BCUT2D eigenvalue weighted by Crippen LogP contribution is -2.73. The van der Waals surface area contributed by atoms with E-state index < -0.39 is 6.04 Å². The van der Waals surface area contributed by atoms with Gasteiger partial charge in [-0.1, -0.05) is 12.1 Å². The van der Waals surface area contributed by atoms with E-state index in [1.54, 1.807) is 12.1 Å². The van der Waals surface area contributed by atoms with Gasteiger partial charge in [-0.2, -0.15) is 0 Å². The number of carbonyl (C=O) groups is 1. The van der Waals surface area contributed by atoms with Gasteiger partial charge in [0.25, 0.3) is 0 Å². The molecule has 22 heavy (non-hydrogen) atoms. The summed E-state index contributed by atoms with van der Waals surface area (Å²) in [4.78, 5) is 17.0. The van der Waals surface area contributed by atoms with E-state index in [1.807, 2.05) is 4.90 Å². The number of halogens is 1. The van der Waals surface area contributed by atoms with E-state index in [2.05, 4.69) is 25.7 Å². The number of rotatable bonds is 2. The van der Waals surface area contributed by atoms with Crippen LogP contribution in [0.2, 0.25) is 0 Å². The third-order valence-electron chi connectivity index (χ3n) is 4.89. The van der Waals surface area contributed by atoms with E-state index in [9.17, 15) is 9.18 Å². The van der Waals surface area contributed by atoms with Crippen LogP contribution in [0.25, 0.3) is 0 Å². The average molecular weight is 305 g/mol. The monoisotopic (exact) mass is 305 g/mol. The van der Waals surface area contributed by atoms with Gasteiger partial charge in [-0.3, -0.25) is 9.69 Å². The van der Waals surface area contributed by atoms with E-state index in [4.69, 9.17) is 5.73 Å². The third-order valence-corrected chi connectivity index (χ3v) is 4.89. The molecule has 0 saturated carbocycles. The Bertz CT molecular complexity index is 554. The highest BCUT2D eigenvalue weighted by Gasteiger charge is 2.49. The Morgan fingerprint density at radius 2 is 1.77 bits per heavy atom. The molecule has 3 atom stereocenters. The summed E-state index contributed by atoms with van der Waals surface area (Å²) in [6.45, 7) is 8.42. The fourth-order valence-electron chi connectivity index (χ4n) is 3.49. The fourth-order valence-corrected chi connectivity index (χ4v) is 3.49. The van der Waals surface area contributed by atoms with Crippen molar-refractivity contribution in [3.05, 3.63) is 35.6 Å². The summed E-state index contributed by atoms with van der Waals surface area (Å²) >= 11 is 0. The number of hydrogen-bond donors (Lipinski definition) is 1. The van der Waals surface area contributed by atoms with Crippen LogP contribution in [0.4, 0.5) is 4.39 Å². The molecule has 4 rings (SSSR count). The van der Waals surface area contributed by atoms with Gasteiger partial charge < -0.3 is 10.6 Å². The largest absolute Gasteiger partial charge is 0.332 e. The summed E-state index contributed by atoms with van der Waals surface area (Å²) in [5.74, 6) is -0.355. The highest BCUT2D eigenvalue weighted by atomic mass is 19.1. The zero-order valence-corrected chi connectivity index (χ0v) is 13.4. The van der Waals surface area contributed by atoms with Gasteiger partial charge in [0.15, 0.2) is 0 Å². The molecule has 2 N–H and O–H groups in total. The van der Waals surface area contributed by atoms with Crippen LogP contribution in [0.3, 0.4) is 0 Å². The van der Waals surface area contributed by atoms with Crippen molar-refractivity contribution in [1.82, 2.24) is 9.80 Å². The van der Waals surface area contributed by atoms with Gasteiger partial charge >= 0.3 is 0 Å². The van der Waals surface area contributed by atoms with Crippen LogP contribution in [0.15, 0.2) is 24.3 Å². The van der Waals surface area contributed by atoms with Crippen molar-refractivity contribution < 1.29 is 9.18 Å². The van der Waals surface area contributed by atoms with Crippen LogP contribution in [-0.4, -0.2) is 46.4 Å². The van der Waals surface area contributed by atoms with Crippen molar-refractivity contribution in [1.29, 1.82) is 0 Å². The molecule has 3 heterocycles. The van der Waals surface area contributed by atoms with E-state index in [0.29, 0.717) is 5.56 Å². The number of benzene rings is 1. The Morgan fingerprint density at radius 1 is 1.23 bits per heavy atom. The molecular weight excluding hydrogens is 281 g/mol. The summed E-state index contributed by atoms with van der Waals surface area (Å²) in [5, 5.41) is 0. The first-order valence-corrected chi connectivity index (χ1v) is 7.85. The smallest absolute Gasteiger partial charge is 0.244 e. The first-order chi connectivity index (χ1) is 10.3. The third kappa shape index (κ3) is 2.63. The first kappa shape index (κ1) is 15.4. The number of piperidine rings is 1. The highest BCUT2D eigenvalue weighted by Crippen LogP contribution is 2.36. The van der Waals surface area contributed by atoms with Crippen LogP contribution < -0.4 is 5.73 Å². The molecule has 3 unspecified atom stereocenters. The predicted octanol–water partition coefficient (Wildman–Crippen LogP) is 1.91. The molecule has 3 aliphatic heterocycles. The van der Waals surface area contributed by atoms with Crippen molar-refractivity contribution in [3.63, 3.8) is 0 Å². The maximum Gasteiger partial charge on any atom is 0.244 e. The molecule has 0 aromatic heterocycles. The zero-order chi connectivity index (χ0) is 16.1. The number of nitrogens with zero attached hydrogens (tertiary/aromatic N) is 2. The lowest BCUT2D eigenvalue weighted by Gasteiger charge is -2.59. The Balaban J connectivity index is 1.69. The normalized spacial score (nSPS) is 26.5. The number of piperazine rings is 1. The fraction of sp³-hybridized carbons (Fsp3) is 0.588. The molecule has 0 aliphatic carbocycles. The molecule has 0 spiro atoms. The maximum atomic E-state index is 13.0. The van der Waals surface area contributed by atoms with Crippen molar-refractivity contribution in [2.45, 2.75) is 50.9 Å². The highest BCUT2D eigenvalue weighted by molar-refractivity contribution is 5.84. The summed E-state index contributed by atoms with van der Waals surface area (Å²) in [7, 11) is 0. The minimum absolute atomic E-state index is 0.0404. The second-order valence-electron chi connectivity index (χ2n) is 7.39. The lowest BCUT2D eigenvalue weighted by molar-refractivity contribution is -0.159. The summed E-state index contributed by atoms with van der Waals surface area (Å²) in [5.41, 5.74) is 6.90. The molecule has 1 aromatic carbocycles. The molecule has 3 saturated heterocycles. The Hall–Kier alpha value is -1.46. The number of hydrogen-bond acceptors (Lipinski definition) is 3. The van der Waals surface area contributed by atoms with Gasteiger partial charge in [0.2, 0.25) is 5.91 Å². The molecule has 1 aromatic rings. The summed E-state index contributed by atoms with van der Waals surface area (Å²) < 4.78 is 13.0. The molecule has 5 heteroatoms. The van der Waals surface area contributed by atoms with Gasteiger partial charge in [0.1, 0.15) is 11.9 Å². The maximum absolute atomic E-state index is 13.0. The first-order valence-electron chi connectivity index (χ1n) is 7.85. The predicted molar refractivity (Wildman–Crippen MR) is 83.7 cm³/mol. The Kier molecular flexibility index (Phi) is 3.73. The molecule has 4 nitrogen and oxygen atoms in total. The standard InChI is InChI=1S/C17H24FN3O/c1-17(2,3)20-9-13-8-14(10-20)21(13)16(22)15(19)11-4-6-12(18)7-5-11/h4-7,13-15H,8-10,19H2,1-3H3. The molecule has 3 aliphatic rings. The van der Waals surface area contributed by atoms with Gasteiger partial charge in [0, 0.05) is 30.7 Å². The van der Waals surface area contributed by atoms with Crippen LogP contribution >= 0.6 is 0 Å². The molecule has 0 radical (unpaired) electrons. The van der Waals surface area contributed by atoms with Crippen molar-refractivity contribution in [2.75, 3.05) is 13.1 Å². The van der Waals surface area contributed by atoms with Crippen LogP contribution in [0, 0.1) is 5.82 Å². The van der Waals surface area contributed by atoms with E-state index >= 15 is 0 Å². The minimum atomic E-state index is -0.702. The quantitative estimate of drug-likeness (QED) is 0.908. The number of carbonyl (C=O) groups excluding carboxylic acids is 1. The second-order valence-corrected chi connectivity index (χ2v) is 7.39. The van der Waals surface area contributed by atoms with Gasteiger partial charge in [-0.05, 0) is 44.9 Å². The number of amides is 1. The summed E-state index contributed by atoms with van der Waals surface area (Å²) in [6.07, 6.45) is 1.06. The van der Waals surface area contributed by atoms with Crippen molar-refractivity contribution >= 4 is 5.91 Å². The molecular formula is C17H24FN3O. The zero-order valence-electron chi connectivity index (χ0n) is 13.4. The molecule has 3 fully saturated rings. The molecule has 120 valence electrons. The van der Waals surface area contributed by atoms with Gasteiger partial charge in [-0.25, -0.2) is 4.39 Å². The van der Waals surface area contributed by atoms with E-state index in [1.165, 1.54) is 12.1 Å². The van der Waals surface area contributed by atoms with E-state index in [-0.39, 0.29) is 29.3 Å². The summed E-state index contributed by atoms with van der Waals surface area (Å²) in [6, 6.07) is 5.70. The average Bonchev–Trinajstić information content (AvgIpc) is 2.46. The van der Waals surface area contributed by atoms with Gasteiger partial charge in [0.05, 0.1) is 0 Å². The SMILES string of the molecule is CC(C)(C)N1CC2CC(C1)N2C(=O)C(N)c1ccc(F)cc1. The molecule has 1 amide bonds. The Morgan fingerprint density at radius 3 is 2.27 bits per heavy atom. The Labute approximate surface area is 131 Å². The van der Waals surface area contributed by atoms with Crippen molar-refractivity contribution in [2.24, 2.45) is 5.73 Å². The van der Waals surface area contributed by atoms with Crippen molar-refractivity contribution in [3.8, 4) is 0 Å². The minimum Gasteiger partial charge on any atom is -0.332 e. The number of fused-ring (bicyclic) bond motifs is 2. The van der Waals surface area contributed by atoms with Crippen LogP contribution in [0.1, 0.15) is 38.8 Å². The topological polar surface area (TPSA) is 49.6 Å². The lowest BCUT2D eigenvalue weighted by atomic mass is 9.83. The van der Waals surface area contributed by atoms with Crippen LogP contribution in [0.5, 0.6) is 0 Å². The van der Waals surface area contributed by atoms with E-state index in [0.717, 1.165) is 19.5 Å². The van der Waals surface area contributed by atoms with Gasteiger partial charge in [-0.15, -0.1) is 0 Å². The second kappa shape index (κ2) is 5.32. The van der Waals surface area contributed by atoms with Crippen LogP contribution in [-0.2, 0) is 4.79 Å². The number of nitrogens with two attached hydrogens (primary N) is 1. The molecule has 2 bridgehead atoms.